The van der Waals surface area contributed by atoms with Gasteiger partial charge in [0.05, 0.1) is 22.7 Å². The first kappa shape index (κ1) is 51.2. The molecular weight excluding hydrogens is 945 g/mol. The highest BCUT2D eigenvalue weighted by molar-refractivity contribution is 6.00. The lowest BCUT2D eigenvalue weighted by Crippen LogP contribution is -2.58. The van der Waals surface area contributed by atoms with Crippen LogP contribution in [-0.2, 0) is 21.7 Å². The van der Waals surface area contributed by atoms with Crippen molar-refractivity contribution in [3.63, 3.8) is 0 Å². The van der Waals surface area contributed by atoms with E-state index in [1.54, 1.807) is 0 Å². The van der Waals surface area contributed by atoms with E-state index >= 15 is 0 Å². The molecule has 0 bridgehead atoms. The molecule has 10 aromatic carbocycles. The third-order valence-electron chi connectivity index (χ3n) is 17.4. The summed E-state index contributed by atoms with van der Waals surface area (Å²) < 4.78 is 0. The molecule has 0 aliphatic carbocycles. The van der Waals surface area contributed by atoms with Crippen molar-refractivity contribution < 1.29 is 0 Å². The van der Waals surface area contributed by atoms with Crippen LogP contribution in [0.25, 0.3) is 43.1 Å². The number of hydrogen-bond donors (Lipinski definition) is 0. The number of benzene rings is 10. The Labute approximate surface area is 464 Å². The van der Waals surface area contributed by atoms with Crippen LogP contribution in [0.5, 0.6) is 0 Å². The van der Waals surface area contributed by atoms with E-state index in [4.69, 9.17) is 0 Å². The highest BCUT2D eigenvalue weighted by Gasteiger charge is 2.52. The lowest BCUT2D eigenvalue weighted by atomic mass is 9.86. The Morgan fingerprint density at radius 1 is 0.231 bits per heavy atom. The van der Waals surface area contributed by atoms with Gasteiger partial charge >= 0.3 is 0 Å². The molecule has 0 amide bonds. The number of nitrogens with zero attached hydrogens (tertiary/aromatic N) is 4. The van der Waals surface area contributed by atoms with E-state index in [0.29, 0.717) is 0 Å². The normalized spacial score (nSPS) is 14.7. The van der Waals surface area contributed by atoms with Gasteiger partial charge in [-0.05, 0) is 210 Å². The van der Waals surface area contributed by atoms with Gasteiger partial charge in [0.15, 0.2) is 12.3 Å². The number of rotatable bonds is 5. The quantitative estimate of drug-likeness (QED) is 0.170. The Bertz CT molecular complexity index is 3530. The summed E-state index contributed by atoms with van der Waals surface area (Å²) in [6.45, 7) is 36.8. The Kier molecular flexibility index (Phi) is 11.8. The van der Waals surface area contributed by atoms with Crippen LogP contribution < -0.4 is 19.6 Å². The summed E-state index contributed by atoms with van der Waals surface area (Å²) in [5, 5.41) is 9.92. The van der Waals surface area contributed by atoms with Crippen molar-refractivity contribution in [3.8, 4) is 0 Å². The molecule has 0 unspecified atom stereocenters. The van der Waals surface area contributed by atoms with Crippen LogP contribution in [0.4, 0.5) is 45.5 Å². The van der Waals surface area contributed by atoms with E-state index < -0.39 is 0 Å². The summed E-state index contributed by atoms with van der Waals surface area (Å²) in [6, 6.07) is 66.9. The molecular formula is C74H78N4. The van der Waals surface area contributed by atoms with E-state index in [1.807, 2.05) is 0 Å². The Morgan fingerprint density at radius 3 is 0.603 bits per heavy atom. The molecule has 2 aliphatic rings. The van der Waals surface area contributed by atoms with Crippen molar-refractivity contribution in [2.75, 3.05) is 19.6 Å². The average molecular weight is 1020 g/mol. The number of aryl methyl sites for hydroxylation is 4. The van der Waals surface area contributed by atoms with E-state index in [1.165, 1.54) is 110 Å². The van der Waals surface area contributed by atoms with Gasteiger partial charge in [-0.3, -0.25) is 0 Å². The minimum absolute atomic E-state index is 0.0340. The van der Waals surface area contributed by atoms with Gasteiger partial charge in [-0.15, -0.1) is 0 Å². The number of hydrogen-bond acceptors (Lipinski definition) is 4. The smallest absolute Gasteiger partial charge is 0.151 e. The molecule has 2 aliphatic heterocycles. The number of anilines is 8. The Balaban J connectivity index is 1.17. The fraction of sp³-hybridized carbons (Fsp3) is 0.297. The van der Waals surface area contributed by atoms with E-state index in [9.17, 15) is 0 Å². The molecule has 0 saturated carbocycles. The van der Waals surface area contributed by atoms with Crippen LogP contribution >= 0.6 is 0 Å². The van der Waals surface area contributed by atoms with Crippen molar-refractivity contribution >= 4 is 88.6 Å². The van der Waals surface area contributed by atoms with Gasteiger partial charge in [-0.1, -0.05) is 180 Å². The monoisotopic (exact) mass is 1020 g/mol. The zero-order valence-electron chi connectivity index (χ0n) is 49.1. The lowest BCUT2D eigenvalue weighted by Gasteiger charge is -2.45. The molecule has 12 rings (SSSR count). The van der Waals surface area contributed by atoms with E-state index in [2.05, 4.69) is 300 Å². The molecule has 78 heavy (non-hydrogen) atoms. The maximum atomic E-state index is 2.69. The van der Waals surface area contributed by atoms with Gasteiger partial charge in [-0.25, -0.2) is 0 Å². The molecule has 0 fully saturated rings. The highest BCUT2D eigenvalue weighted by atomic mass is 15.5. The zero-order chi connectivity index (χ0) is 55.1. The van der Waals surface area contributed by atoms with Crippen molar-refractivity contribution in [3.05, 3.63) is 214 Å². The van der Waals surface area contributed by atoms with Crippen LogP contribution in [0.1, 0.15) is 128 Å². The molecule has 0 saturated heterocycles. The van der Waals surface area contributed by atoms with Crippen molar-refractivity contribution in [1.82, 2.24) is 0 Å². The maximum Gasteiger partial charge on any atom is 0.151 e. The second-order valence-corrected chi connectivity index (χ2v) is 27.1. The van der Waals surface area contributed by atoms with Crippen molar-refractivity contribution in [2.24, 2.45) is 0 Å². The maximum absolute atomic E-state index is 2.69. The first-order valence-corrected chi connectivity index (χ1v) is 28.4. The summed E-state index contributed by atoms with van der Waals surface area (Å²) in [6.07, 6.45) is -0.630. The van der Waals surface area contributed by atoms with Crippen LogP contribution in [0.2, 0.25) is 0 Å². The van der Waals surface area contributed by atoms with Crippen LogP contribution in [-0.4, -0.2) is 12.3 Å². The van der Waals surface area contributed by atoms with Crippen molar-refractivity contribution in [1.29, 1.82) is 0 Å². The van der Waals surface area contributed by atoms with Crippen LogP contribution in [0.3, 0.4) is 0 Å². The zero-order valence-corrected chi connectivity index (χ0v) is 49.1. The fourth-order valence-electron chi connectivity index (χ4n) is 12.2. The Morgan fingerprint density at radius 2 is 0.410 bits per heavy atom. The molecule has 2 heterocycles. The molecule has 10 aromatic rings. The van der Waals surface area contributed by atoms with Gasteiger partial charge in [0, 0.05) is 22.7 Å². The second kappa shape index (κ2) is 18.0. The van der Waals surface area contributed by atoms with Gasteiger partial charge in [0.1, 0.15) is 0 Å². The SMILES string of the molecule is Cc1cc2c(cc1C)N(c1ccc3cc(C(C)(C)C)ccc3c1)C(C1N(c3ccc4cc(C(C)(C)C)ccc4c3)c3cc(C)c(C)cc3N1c1ccc3cc(C(C)(C)C)ccc3c1)N2c1ccc2cc(C(C)(C)C)ccc2c1. The largest absolute Gasteiger partial charge is 0.314 e. The third kappa shape index (κ3) is 8.77. The summed E-state index contributed by atoms with van der Waals surface area (Å²) >= 11 is 0. The van der Waals surface area contributed by atoms with Gasteiger partial charge < -0.3 is 19.6 Å². The highest BCUT2D eigenvalue weighted by Crippen LogP contribution is 2.58. The molecule has 4 heteroatoms. The predicted octanol–water partition coefficient (Wildman–Crippen LogP) is 20.7. The average Bonchev–Trinajstić information content (AvgIpc) is 3.81. The summed E-state index contributed by atoms with van der Waals surface area (Å²) in [5.41, 5.74) is 20.0. The molecule has 0 radical (unpaired) electrons. The molecule has 0 atom stereocenters. The third-order valence-corrected chi connectivity index (χ3v) is 17.4. The number of fused-ring (bicyclic) bond motifs is 6. The first-order chi connectivity index (χ1) is 36.8. The molecule has 0 spiro atoms. The van der Waals surface area contributed by atoms with Gasteiger partial charge in [0.2, 0.25) is 0 Å². The Hall–Kier alpha value is -7.56. The topological polar surface area (TPSA) is 13.0 Å². The van der Waals surface area contributed by atoms with E-state index in [0.717, 1.165) is 22.7 Å². The molecule has 0 aromatic heterocycles. The predicted molar refractivity (Wildman–Crippen MR) is 339 cm³/mol. The molecule has 394 valence electrons. The summed E-state index contributed by atoms with van der Waals surface area (Å²) in [7, 11) is 0. The van der Waals surface area contributed by atoms with Crippen LogP contribution in [0, 0.1) is 27.7 Å². The van der Waals surface area contributed by atoms with Gasteiger partial charge in [0.25, 0.3) is 0 Å². The van der Waals surface area contributed by atoms with E-state index in [-0.39, 0.29) is 34.0 Å². The standard InChI is InChI=1S/C74H78N4/c1-45-33-65-66(34-46(45)2)76(62-30-22-50-38-58(72(8,9)10)26-18-54(50)42-62)69(75(65)61-29-21-49-37-57(71(5,6)7)25-17-53(49)41-61)70-77(63-31-23-51-39-59(73(11,12)13)27-19-55(51)43-63)67-35-47(3)48(4)36-68(67)78(70)64-32-24-52-40-60(74(14,15)16)28-20-56(52)44-64/h17-44,69-70H,1-16H3. The fourth-order valence-corrected chi connectivity index (χ4v) is 12.2. The molecule has 4 nitrogen and oxygen atoms in total. The lowest BCUT2D eigenvalue weighted by molar-refractivity contribution is 0.550. The second-order valence-electron chi connectivity index (χ2n) is 27.1. The minimum Gasteiger partial charge on any atom is -0.314 e. The molecule has 0 N–H and O–H groups in total. The van der Waals surface area contributed by atoms with Gasteiger partial charge in [-0.2, -0.15) is 0 Å². The summed E-state index contributed by atoms with van der Waals surface area (Å²) in [5.74, 6) is 0. The minimum atomic E-state index is -0.315. The first-order valence-electron chi connectivity index (χ1n) is 28.4. The van der Waals surface area contributed by atoms with Crippen molar-refractivity contribution in [2.45, 2.75) is 145 Å². The summed E-state index contributed by atoms with van der Waals surface area (Å²) in [4.78, 5) is 10.8. The van der Waals surface area contributed by atoms with Crippen LogP contribution in [0.15, 0.2) is 170 Å².